The number of aromatic nitrogens is 3. The second kappa shape index (κ2) is 21.1. The van der Waals surface area contributed by atoms with Crippen LogP contribution in [0.4, 0.5) is 0 Å². The molecule has 0 radical (unpaired) electrons. The van der Waals surface area contributed by atoms with E-state index in [4.69, 9.17) is 11.5 Å². The van der Waals surface area contributed by atoms with Gasteiger partial charge in [0.25, 0.3) is 0 Å². The zero-order valence-electron chi connectivity index (χ0n) is 38.6. The van der Waals surface area contributed by atoms with Crippen molar-refractivity contribution in [2.24, 2.45) is 34.2 Å². The number of nitrogens with two attached hydrogens (primary N) is 2. The Kier molecular flexibility index (Phi) is 15.6. The zero-order valence-corrected chi connectivity index (χ0v) is 38.6. The molecule has 7 amide bonds. The predicted octanol–water partition coefficient (Wildman–Crippen LogP) is -0.767. The average molecular weight is 930 g/mol. The maximum atomic E-state index is 14.8. The number of nitrogens with zero attached hydrogens (tertiary/aromatic N) is 3. The van der Waals surface area contributed by atoms with E-state index in [0.29, 0.717) is 40.0 Å². The molecule has 67 heavy (non-hydrogen) atoms. The van der Waals surface area contributed by atoms with Crippen molar-refractivity contribution in [3.8, 4) is 5.82 Å². The molecule has 2 aromatic heterocycles. The SMILES string of the molecule is CC[C@@H](C)[C@@H]1NC(=O)[C@@H](NC(=O)[C@@H]2CCC(=O)N2)[C@H](C(C)C)c2ccc3c4c([nH]c3c2)-n2cnc(c2)C[C@@H](C(=O)O)NC(=O)[C@H](CCCN=C(N)N)NC(=O)[C@@H](C4)NC(=O)[C@H](C(C)C)NC1=O. The van der Waals surface area contributed by atoms with Gasteiger partial charge in [-0.25, -0.2) is 9.78 Å². The number of hydrogen-bond donors (Lipinski definition) is 11. The summed E-state index contributed by atoms with van der Waals surface area (Å²) in [4.78, 5) is 123. The number of amides is 7. The van der Waals surface area contributed by atoms with Gasteiger partial charge in [0, 0.05) is 54.4 Å². The summed E-state index contributed by atoms with van der Waals surface area (Å²) < 4.78 is 1.62. The van der Waals surface area contributed by atoms with E-state index in [1.165, 1.54) is 6.33 Å². The van der Waals surface area contributed by atoms with Crippen LogP contribution >= 0.6 is 0 Å². The number of hydrogen-bond acceptors (Lipinski definition) is 10. The predicted molar refractivity (Wildman–Crippen MR) is 245 cm³/mol. The molecular formula is C45H63N13O9. The molecule has 22 heteroatoms. The van der Waals surface area contributed by atoms with Crippen molar-refractivity contribution < 1.29 is 43.5 Å². The lowest BCUT2D eigenvalue weighted by atomic mass is 9.81. The smallest absolute Gasteiger partial charge is 0.326 e. The minimum atomic E-state index is -1.45. The molecule has 6 heterocycles. The molecule has 22 nitrogen and oxygen atoms in total. The zero-order chi connectivity index (χ0) is 48.9. The minimum absolute atomic E-state index is 0.0156. The summed E-state index contributed by atoms with van der Waals surface area (Å²) in [5.41, 5.74) is 13.0. The Balaban J connectivity index is 1.56. The van der Waals surface area contributed by atoms with E-state index >= 15 is 0 Å². The van der Waals surface area contributed by atoms with E-state index in [1.54, 1.807) is 31.5 Å². The summed E-state index contributed by atoms with van der Waals surface area (Å²) >= 11 is 0. The molecule has 3 aromatic rings. The van der Waals surface area contributed by atoms with E-state index in [0.717, 1.165) is 0 Å². The Morgan fingerprint density at radius 2 is 1.58 bits per heavy atom. The van der Waals surface area contributed by atoms with Crippen LogP contribution in [-0.2, 0) is 51.2 Å². The maximum absolute atomic E-state index is 14.8. The van der Waals surface area contributed by atoms with Gasteiger partial charge >= 0.3 is 5.97 Å². The first-order valence-corrected chi connectivity index (χ1v) is 22.8. The topological polar surface area (TPSA) is 339 Å². The monoisotopic (exact) mass is 929 g/mol. The summed E-state index contributed by atoms with van der Waals surface area (Å²) in [5, 5.41) is 30.3. The van der Waals surface area contributed by atoms with Gasteiger partial charge in [0.1, 0.15) is 54.4 Å². The maximum Gasteiger partial charge on any atom is 0.326 e. The molecule has 0 spiro atoms. The van der Waals surface area contributed by atoms with Gasteiger partial charge in [-0.15, -0.1) is 0 Å². The number of aliphatic imine (C=N–C) groups is 1. The third-order valence-corrected chi connectivity index (χ3v) is 12.8. The van der Waals surface area contributed by atoms with Crippen molar-refractivity contribution in [3.63, 3.8) is 0 Å². The van der Waals surface area contributed by atoms with Crippen LogP contribution in [-0.4, -0.2) is 122 Å². The Hall–Kier alpha value is -7.00. The molecule has 4 aliphatic rings. The molecule has 0 unspecified atom stereocenters. The van der Waals surface area contributed by atoms with Crippen LogP contribution in [0.15, 0.2) is 35.7 Å². The standard InChI is InChI=1S/C45H63N13O9/c1-7-22(6)35-42(64)55-34(21(4)5)41(63)53-30-17-26-25-11-10-23(33(20(2)3)36(43(65)56-35)57-39(61)28-12-13-32(59)50-28)15-29(25)51-37(26)58-18-24(49-19-58)16-31(44(66)67)54-38(60)27(52-40(30)62)9-8-14-48-45(46)47/h10-11,15,18-22,27-28,30-31,33-36,51H,7-9,12-14,16-17H2,1-6H3,(H,50,59)(H,52,62)(H,53,63)(H,54,60)(H,55,64)(H,56,65)(H,57,61)(H,66,67)(H4,46,47,48)/t22-,27+,28+,30-,31+,33-,34+,35+,36+/m1/s1. The molecule has 1 fully saturated rings. The fourth-order valence-electron chi connectivity index (χ4n) is 8.95. The van der Waals surface area contributed by atoms with Crippen LogP contribution in [0.25, 0.3) is 16.7 Å². The number of carboxylic acid groups (broad SMARTS) is 1. The number of carboxylic acids is 1. The third kappa shape index (κ3) is 11.5. The third-order valence-electron chi connectivity index (χ3n) is 12.8. The van der Waals surface area contributed by atoms with Crippen LogP contribution in [0.2, 0.25) is 0 Å². The molecule has 0 saturated carbocycles. The molecule has 1 aromatic carbocycles. The first-order valence-electron chi connectivity index (χ1n) is 22.8. The summed E-state index contributed by atoms with van der Waals surface area (Å²) in [6.45, 7) is 10.9. The van der Waals surface area contributed by atoms with Gasteiger partial charge in [-0.05, 0) is 48.6 Å². The van der Waals surface area contributed by atoms with Gasteiger partial charge in [-0.2, -0.15) is 0 Å². The number of carbonyl (C=O) groups excluding carboxylic acids is 7. The summed E-state index contributed by atoms with van der Waals surface area (Å²) in [5.74, 6) is -7.59. The lowest BCUT2D eigenvalue weighted by Crippen LogP contribution is -2.62. The van der Waals surface area contributed by atoms with E-state index in [1.807, 2.05) is 39.0 Å². The molecule has 0 aliphatic carbocycles. The number of aromatic amines is 1. The van der Waals surface area contributed by atoms with E-state index in [-0.39, 0.29) is 62.9 Å². The normalized spacial score (nSPS) is 25.7. The van der Waals surface area contributed by atoms with E-state index < -0.39 is 101 Å². The van der Waals surface area contributed by atoms with Gasteiger partial charge in [0.2, 0.25) is 41.4 Å². The molecule has 7 rings (SSSR count). The lowest BCUT2D eigenvalue weighted by Gasteiger charge is -2.34. The highest BCUT2D eigenvalue weighted by Gasteiger charge is 2.41. The van der Waals surface area contributed by atoms with Gasteiger partial charge in [0.05, 0.1) is 5.69 Å². The van der Waals surface area contributed by atoms with Crippen molar-refractivity contribution >= 4 is 64.2 Å². The Morgan fingerprint density at radius 3 is 2.22 bits per heavy atom. The fourth-order valence-corrected chi connectivity index (χ4v) is 8.95. The van der Waals surface area contributed by atoms with E-state index in [9.17, 15) is 43.5 Å². The number of carbonyl (C=O) groups is 8. The van der Waals surface area contributed by atoms with Crippen LogP contribution in [0.1, 0.15) is 96.4 Å². The first-order chi connectivity index (χ1) is 31.8. The second-order valence-corrected chi connectivity index (χ2v) is 18.4. The number of benzene rings is 1. The second-order valence-electron chi connectivity index (χ2n) is 18.4. The largest absolute Gasteiger partial charge is 0.480 e. The fraction of sp³-hybridized carbons (Fsp3) is 0.556. The Bertz CT molecular complexity index is 2420. The molecular weight excluding hydrogens is 867 g/mol. The molecule has 4 aliphatic heterocycles. The minimum Gasteiger partial charge on any atom is -0.480 e. The van der Waals surface area contributed by atoms with Gasteiger partial charge < -0.3 is 58.8 Å². The quantitative estimate of drug-likeness (QED) is 0.0489. The summed E-state index contributed by atoms with van der Waals surface area (Å²) in [7, 11) is 0. The highest BCUT2D eigenvalue weighted by molar-refractivity contribution is 5.99. The molecule has 13 N–H and O–H groups in total. The number of guanidine groups is 1. The molecule has 7 bridgehead atoms. The number of aliphatic carboxylic acids is 1. The molecule has 9 atom stereocenters. The number of rotatable bonds is 11. The van der Waals surface area contributed by atoms with Gasteiger partial charge in [0.15, 0.2) is 5.96 Å². The van der Waals surface area contributed by atoms with Crippen molar-refractivity contribution in [1.82, 2.24) is 51.8 Å². The van der Waals surface area contributed by atoms with Crippen LogP contribution in [0, 0.1) is 17.8 Å². The van der Waals surface area contributed by atoms with Crippen LogP contribution < -0.4 is 48.7 Å². The van der Waals surface area contributed by atoms with Gasteiger partial charge in [-0.1, -0.05) is 60.1 Å². The molecule has 1 saturated heterocycles. The van der Waals surface area contributed by atoms with Gasteiger partial charge in [-0.3, -0.25) is 43.1 Å². The molecule has 362 valence electrons. The van der Waals surface area contributed by atoms with Crippen molar-refractivity contribution in [2.45, 2.75) is 135 Å². The van der Waals surface area contributed by atoms with Crippen molar-refractivity contribution in [1.29, 1.82) is 0 Å². The number of nitrogens with one attached hydrogen (secondary N) is 8. The van der Waals surface area contributed by atoms with Crippen molar-refractivity contribution in [2.75, 3.05) is 6.54 Å². The number of imidazole rings is 1. The van der Waals surface area contributed by atoms with Crippen molar-refractivity contribution in [3.05, 3.63) is 47.5 Å². The summed E-state index contributed by atoms with van der Waals surface area (Å²) in [6.07, 6.45) is 3.71. The first kappa shape index (κ1) is 49.4. The summed E-state index contributed by atoms with van der Waals surface area (Å²) in [6, 6.07) is -3.24. The number of H-pyrrole nitrogens is 1. The van der Waals surface area contributed by atoms with E-state index in [2.05, 4.69) is 52.2 Å². The van der Waals surface area contributed by atoms with Crippen LogP contribution in [0.3, 0.4) is 0 Å². The number of fused-ring (bicyclic) bond motifs is 13. The Labute approximate surface area is 387 Å². The Morgan fingerprint density at radius 1 is 0.866 bits per heavy atom. The van der Waals surface area contributed by atoms with Crippen LogP contribution in [0.5, 0.6) is 0 Å². The lowest BCUT2D eigenvalue weighted by molar-refractivity contribution is -0.142. The highest BCUT2D eigenvalue weighted by atomic mass is 16.4. The highest BCUT2D eigenvalue weighted by Crippen LogP contribution is 2.35. The average Bonchev–Trinajstić information content (AvgIpc) is 4.01.